The van der Waals surface area contributed by atoms with Gasteiger partial charge in [-0.2, -0.15) is 0 Å². The van der Waals surface area contributed by atoms with E-state index in [1.165, 1.54) is 11.3 Å². The minimum Gasteiger partial charge on any atom is -0.508 e. The Morgan fingerprint density at radius 1 is 1.00 bits per heavy atom. The first-order valence-electron chi connectivity index (χ1n) is 4.89. The van der Waals surface area contributed by atoms with Crippen LogP contribution in [0.2, 0.25) is 0 Å². The minimum atomic E-state index is 0.0169. The maximum absolute atomic E-state index is 11.2. The highest BCUT2D eigenvalue weighted by molar-refractivity contribution is 7.21. The number of aromatic hydroxyl groups is 1. The molecular weight excluding hydrogens is 220 g/mol. The first-order chi connectivity index (χ1) is 7.72. The first-order valence-corrected chi connectivity index (χ1v) is 5.71. The van der Waals surface area contributed by atoms with Gasteiger partial charge in [-0.05, 0) is 47.3 Å². The summed E-state index contributed by atoms with van der Waals surface area (Å²) in [5, 5.41) is 10.5. The number of hydrogen-bond donors (Lipinski definition) is 1. The molecule has 3 rings (SSSR count). The van der Waals surface area contributed by atoms with E-state index in [-0.39, 0.29) is 11.2 Å². The molecule has 1 aromatic rings. The second-order valence-electron chi connectivity index (χ2n) is 3.67. The second-order valence-corrected chi connectivity index (χ2v) is 4.75. The lowest BCUT2D eigenvalue weighted by atomic mass is 10.1. The van der Waals surface area contributed by atoms with Crippen LogP contribution in [0.3, 0.4) is 0 Å². The molecule has 16 heavy (non-hydrogen) atoms. The van der Waals surface area contributed by atoms with E-state index in [4.69, 9.17) is 0 Å². The van der Waals surface area contributed by atoms with E-state index in [0.717, 1.165) is 20.5 Å². The van der Waals surface area contributed by atoms with Crippen LogP contribution < -0.4 is 5.43 Å². The van der Waals surface area contributed by atoms with Crippen molar-refractivity contribution in [2.24, 2.45) is 0 Å². The molecule has 2 nitrogen and oxygen atoms in total. The summed E-state index contributed by atoms with van der Waals surface area (Å²) in [5.74, 6) is 0.251. The topological polar surface area (TPSA) is 37.3 Å². The van der Waals surface area contributed by atoms with Gasteiger partial charge >= 0.3 is 0 Å². The quantitative estimate of drug-likeness (QED) is 0.600. The van der Waals surface area contributed by atoms with E-state index in [2.05, 4.69) is 0 Å². The lowest BCUT2D eigenvalue weighted by Crippen LogP contribution is -1.96. The summed E-state index contributed by atoms with van der Waals surface area (Å²) in [7, 11) is 0. The maximum atomic E-state index is 11.2. The van der Waals surface area contributed by atoms with Crippen LogP contribution in [-0.2, 0) is 0 Å². The largest absolute Gasteiger partial charge is 0.508 e. The molecule has 1 N–H and O–H groups in total. The Hall–Kier alpha value is -1.87. The van der Waals surface area contributed by atoms with Gasteiger partial charge in [0.1, 0.15) is 5.75 Å². The van der Waals surface area contributed by atoms with Crippen molar-refractivity contribution in [3.8, 4) is 16.2 Å². The summed E-state index contributed by atoms with van der Waals surface area (Å²) in [5.41, 5.74) is 1.08. The highest BCUT2D eigenvalue weighted by atomic mass is 32.1. The van der Waals surface area contributed by atoms with Gasteiger partial charge in [-0.3, -0.25) is 4.79 Å². The van der Waals surface area contributed by atoms with Gasteiger partial charge in [0, 0.05) is 15.6 Å². The van der Waals surface area contributed by atoms with Gasteiger partial charge in [-0.25, -0.2) is 0 Å². The van der Waals surface area contributed by atoms with Crippen molar-refractivity contribution in [2.75, 3.05) is 0 Å². The van der Waals surface area contributed by atoms with E-state index in [1.54, 1.807) is 24.3 Å². The number of fused-ring (bicyclic) bond motifs is 2. The third-order valence-corrected chi connectivity index (χ3v) is 3.66. The summed E-state index contributed by atoms with van der Waals surface area (Å²) >= 11 is 1.52. The van der Waals surface area contributed by atoms with Crippen molar-refractivity contribution in [2.45, 2.75) is 0 Å². The predicted octanol–water partition coefficient (Wildman–Crippen LogP) is 3.07. The van der Waals surface area contributed by atoms with Crippen LogP contribution in [0.1, 0.15) is 0 Å². The molecule has 1 aliphatic heterocycles. The Labute approximate surface area is 95.8 Å². The minimum absolute atomic E-state index is 0.0169. The van der Waals surface area contributed by atoms with E-state index in [1.807, 2.05) is 18.2 Å². The molecule has 0 atom stereocenters. The fourth-order valence-electron chi connectivity index (χ4n) is 1.74. The Morgan fingerprint density at radius 3 is 2.75 bits per heavy atom. The summed E-state index contributed by atoms with van der Waals surface area (Å²) in [6.07, 6.45) is 0. The Kier molecular flexibility index (Phi) is 1.94. The first kappa shape index (κ1) is 9.36. The van der Waals surface area contributed by atoms with Gasteiger partial charge < -0.3 is 5.11 Å². The predicted molar refractivity (Wildman–Crippen MR) is 66.4 cm³/mol. The molecule has 2 aliphatic rings. The van der Waals surface area contributed by atoms with Crippen molar-refractivity contribution < 1.29 is 5.11 Å². The number of hydrogen-bond acceptors (Lipinski definition) is 3. The van der Waals surface area contributed by atoms with Crippen molar-refractivity contribution in [1.82, 2.24) is 0 Å². The van der Waals surface area contributed by atoms with Crippen molar-refractivity contribution in [1.29, 1.82) is 0 Å². The van der Waals surface area contributed by atoms with Gasteiger partial charge in [0.2, 0.25) is 0 Å². The highest BCUT2D eigenvalue weighted by Crippen LogP contribution is 2.33. The molecule has 0 aromatic heterocycles. The van der Waals surface area contributed by atoms with E-state index >= 15 is 0 Å². The smallest absolute Gasteiger partial charge is 0.180 e. The molecule has 0 radical (unpaired) electrons. The van der Waals surface area contributed by atoms with E-state index in [9.17, 15) is 9.90 Å². The van der Waals surface area contributed by atoms with Gasteiger partial charge in [-0.15, -0.1) is 11.3 Å². The van der Waals surface area contributed by atoms with Crippen LogP contribution in [0.5, 0.6) is 5.75 Å². The average molecular weight is 228 g/mol. The van der Waals surface area contributed by atoms with E-state index < -0.39 is 0 Å². The van der Waals surface area contributed by atoms with Crippen molar-refractivity contribution >= 4 is 21.4 Å². The molecule has 1 aliphatic carbocycles. The normalized spacial score (nSPS) is 11.0. The number of rotatable bonds is 0. The fourth-order valence-corrected chi connectivity index (χ4v) is 2.82. The lowest BCUT2D eigenvalue weighted by molar-refractivity contribution is 0.476. The molecule has 0 spiro atoms. The summed E-state index contributed by atoms with van der Waals surface area (Å²) in [6, 6.07) is 12.3. The summed E-state index contributed by atoms with van der Waals surface area (Å²) < 4.78 is 0.984. The number of phenolic OH excluding ortho intramolecular Hbond substituents is 1. The molecule has 78 valence electrons. The summed E-state index contributed by atoms with van der Waals surface area (Å²) in [4.78, 5) is 12.2. The fraction of sp³-hybridized carbons (Fsp3) is 0. The lowest BCUT2D eigenvalue weighted by Gasteiger charge is -2.06. The van der Waals surface area contributed by atoms with Gasteiger partial charge in [0.05, 0.1) is 0 Å². The van der Waals surface area contributed by atoms with E-state index in [0.29, 0.717) is 0 Å². The highest BCUT2D eigenvalue weighted by Gasteiger charge is 2.05. The van der Waals surface area contributed by atoms with Gasteiger partial charge in [-0.1, -0.05) is 0 Å². The zero-order valence-electron chi connectivity index (χ0n) is 8.31. The molecule has 3 heteroatoms. The monoisotopic (exact) mass is 228 g/mol. The van der Waals surface area contributed by atoms with Gasteiger partial charge in [0.15, 0.2) is 5.43 Å². The van der Waals surface area contributed by atoms with Crippen LogP contribution in [0.15, 0.2) is 47.3 Å². The molecule has 0 unspecified atom stereocenters. The SMILES string of the molecule is O=c1ccc2cc3ccc(O)cc3sc-2c1. The van der Waals surface area contributed by atoms with Crippen LogP contribution in [-0.4, -0.2) is 5.11 Å². The van der Waals surface area contributed by atoms with Crippen LogP contribution in [0.25, 0.3) is 20.5 Å². The number of benzene rings is 2. The molecular formula is C13H8O2S. The third kappa shape index (κ3) is 1.46. The van der Waals surface area contributed by atoms with Crippen LogP contribution in [0, 0.1) is 0 Å². The van der Waals surface area contributed by atoms with Gasteiger partial charge in [0.25, 0.3) is 0 Å². The second kappa shape index (κ2) is 3.32. The summed E-state index contributed by atoms with van der Waals surface area (Å²) in [6.45, 7) is 0. The molecule has 1 aromatic carbocycles. The maximum Gasteiger partial charge on any atom is 0.180 e. The zero-order valence-corrected chi connectivity index (χ0v) is 9.12. The standard InChI is InChI=1S/C13H8O2S/c14-10-3-1-8-5-9-2-4-11(15)7-13(9)16-12(8)6-10/h1-7,14H. The van der Waals surface area contributed by atoms with Crippen LogP contribution in [0.4, 0.5) is 0 Å². The third-order valence-electron chi connectivity index (χ3n) is 2.51. The Morgan fingerprint density at radius 2 is 1.88 bits per heavy atom. The molecule has 0 amide bonds. The van der Waals surface area contributed by atoms with Crippen molar-refractivity contribution in [3.05, 3.63) is 52.7 Å². The van der Waals surface area contributed by atoms with Crippen molar-refractivity contribution in [3.63, 3.8) is 0 Å². The Balaban J connectivity index is 2.46. The molecule has 0 saturated carbocycles. The van der Waals surface area contributed by atoms with Crippen LogP contribution >= 0.6 is 11.3 Å². The average Bonchev–Trinajstić information content (AvgIpc) is 2.26. The molecule has 1 heterocycles. The molecule has 0 bridgehead atoms. The zero-order chi connectivity index (χ0) is 11.1. The molecule has 0 saturated heterocycles. The number of phenols is 1. The molecule has 0 fully saturated rings. The Bertz CT molecular complexity index is 700.